The highest BCUT2D eigenvalue weighted by Gasteiger charge is 2.25. The first-order valence-corrected chi connectivity index (χ1v) is 8.22. The first-order valence-electron chi connectivity index (χ1n) is 6.74. The van der Waals surface area contributed by atoms with E-state index in [0.717, 1.165) is 12.5 Å². The standard InChI is InChI=1S/C15H21FN2O2S/c1-4-9-15(2,3)18-21(19,20)13-8-7-12(6-5-10-17)14(16)11-13/h7-8,11,18H,4,9-10,17H2,1-3H3. The van der Waals surface area contributed by atoms with Crippen LogP contribution in [0.2, 0.25) is 0 Å². The monoisotopic (exact) mass is 312 g/mol. The Bertz CT molecular complexity index is 658. The van der Waals surface area contributed by atoms with Crippen LogP contribution in [0.3, 0.4) is 0 Å². The van der Waals surface area contributed by atoms with Gasteiger partial charge in [0.15, 0.2) is 0 Å². The molecule has 0 heterocycles. The second kappa shape index (κ2) is 7.03. The van der Waals surface area contributed by atoms with Crippen molar-refractivity contribution in [3.05, 3.63) is 29.6 Å². The molecule has 0 aliphatic rings. The fraction of sp³-hybridized carbons (Fsp3) is 0.467. The molecule has 0 aliphatic heterocycles. The maximum atomic E-state index is 13.8. The number of benzene rings is 1. The Morgan fingerprint density at radius 1 is 1.38 bits per heavy atom. The van der Waals surface area contributed by atoms with Crippen LogP contribution in [0.5, 0.6) is 0 Å². The van der Waals surface area contributed by atoms with Crippen LogP contribution in [-0.2, 0) is 10.0 Å². The molecule has 6 heteroatoms. The summed E-state index contributed by atoms with van der Waals surface area (Å²) in [7, 11) is -3.76. The zero-order valence-electron chi connectivity index (χ0n) is 12.5. The molecule has 0 aromatic heterocycles. The molecule has 0 aliphatic carbocycles. The summed E-state index contributed by atoms with van der Waals surface area (Å²) in [5, 5.41) is 0. The molecule has 0 amide bonds. The van der Waals surface area contributed by atoms with Crippen molar-refractivity contribution in [3.8, 4) is 11.8 Å². The topological polar surface area (TPSA) is 72.2 Å². The van der Waals surface area contributed by atoms with Gasteiger partial charge in [0.2, 0.25) is 10.0 Å². The maximum Gasteiger partial charge on any atom is 0.241 e. The molecular weight excluding hydrogens is 291 g/mol. The van der Waals surface area contributed by atoms with Crippen LogP contribution in [0, 0.1) is 17.7 Å². The lowest BCUT2D eigenvalue weighted by atomic mass is 10.0. The van der Waals surface area contributed by atoms with Crippen molar-refractivity contribution in [2.75, 3.05) is 6.54 Å². The molecular formula is C15H21FN2O2S. The van der Waals surface area contributed by atoms with Gasteiger partial charge in [-0.05, 0) is 38.5 Å². The molecule has 1 rings (SSSR count). The van der Waals surface area contributed by atoms with E-state index in [1.165, 1.54) is 12.1 Å². The van der Waals surface area contributed by atoms with Gasteiger partial charge in [-0.1, -0.05) is 25.2 Å². The molecule has 0 atom stereocenters. The third kappa shape index (κ3) is 5.12. The lowest BCUT2D eigenvalue weighted by Crippen LogP contribution is -2.43. The summed E-state index contributed by atoms with van der Waals surface area (Å²) in [5.41, 5.74) is 4.77. The SMILES string of the molecule is CCCC(C)(C)NS(=O)(=O)c1ccc(C#CCN)c(F)c1. The van der Waals surface area contributed by atoms with Gasteiger partial charge in [0.05, 0.1) is 17.0 Å². The molecule has 4 nitrogen and oxygen atoms in total. The molecule has 116 valence electrons. The molecule has 0 unspecified atom stereocenters. The molecule has 0 bridgehead atoms. The van der Waals surface area contributed by atoms with Gasteiger partial charge >= 0.3 is 0 Å². The number of rotatable bonds is 5. The number of sulfonamides is 1. The molecule has 0 radical (unpaired) electrons. The summed E-state index contributed by atoms with van der Waals surface area (Å²) in [4.78, 5) is -0.109. The Morgan fingerprint density at radius 3 is 2.57 bits per heavy atom. The summed E-state index contributed by atoms with van der Waals surface area (Å²) in [6, 6.07) is 3.66. The van der Waals surface area contributed by atoms with Gasteiger partial charge in [0, 0.05) is 5.54 Å². The van der Waals surface area contributed by atoms with Crippen molar-refractivity contribution in [2.24, 2.45) is 5.73 Å². The zero-order chi connectivity index (χ0) is 16.1. The van der Waals surface area contributed by atoms with Gasteiger partial charge in [0.25, 0.3) is 0 Å². The third-order valence-electron chi connectivity index (χ3n) is 2.86. The molecule has 0 spiro atoms. The van der Waals surface area contributed by atoms with E-state index in [2.05, 4.69) is 16.6 Å². The lowest BCUT2D eigenvalue weighted by molar-refractivity contribution is 0.417. The molecule has 0 fully saturated rings. The molecule has 3 N–H and O–H groups in total. The van der Waals surface area contributed by atoms with Crippen LogP contribution < -0.4 is 10.5 Å². The fourth-order valence-corrected chi connectivity index (χ4v) is 3.46. The summed E-state index contributed by atoms with van der Waals surface area (Å²) in [5.74, 6) is 4.41. The Morgan fingerprint density at radius 2 is 2.05 bits per heavy atom. The van der Waals surface area contributed by atoms with Crippen LogP contribution in [-0.4, -0.2) is 20.5 Å². The van der Waals surface area contributed by atoms with Crippen LogP contribution >= 0.6 is 0 Å². The van der Waals surface area contributed by atoms with Crippen LogP contribution in [0.25, 0.3) is 0 Å². The summed E-state index contributed by atoms with van der Waals surface area (Å²) < 4.78 is 41.0. The van der Waals surface area contributed by atoms with Gasteiger partial charge in [-0.25, -0.2) is 17.5 Å². The maximum absolute atomic E-state index is 13.8. The number of hydrogen-bond acceptors (Lipinski definition) is 3. The van der Waals surface area contributed by atoms with Crippen molar-refractivity contribution >= 4 is 10.0 Å². The Labute approximate surface area is 126 Å². The average molecular weight is 312 g/mol. The number of hydrogen-bond donors (Lipinski definition) is 2. The van der Waals surface area contributed by atoms with Gasteiger partial charge in [0.1, 0.15) is 5.82 Å². The highest BCUT2D eigenvalue weighted by molar-refractivity contribution is 7.89. The van der Waals surface area contributed by atoms with E-state index in [4.69, 9.17) is 5.73 Å². The van der Waals surface area contributed by atoms with Crippen molar-refractivity contribution < 1.29 is 12.8 Å². The predicted octanol–water partition coefficient (Wildman–Crippen LogP) is 1.99. The van der Waals surface area contributed by atoms with Crippen molar-refractivity contribution in [1.82, 2.24) is 4.72 Å². The van der Waals surface area contributed by atoms with Gasteiger partial charge in [-0.2, -0.15) is 0 Å². The second-order valence-corrected chi connectivity index (χ2v) is 7.07. The van der Waals surface area contributed by atoms with E-state index < -0.39 is 21.4 Å². The Balaban J connectivity index is 3.08. The number of nitrogens with two attached hydrogens (primary N) is 1. The van der Waals surface area contributed by atoms with Gasteiger partial charge < -0.3 is 5.73 Å². The average Bonchev–Trinajstić information content (AvgIpc) is 2.35. The summed E-state index contributed by atoms with van der Waals surface area (Å²) in [6.07, 6.45) is 1.53. The third-order valence-corrected chi connectivity index (χ3v) is 4.56. The van der Waals surface area contributed by atoms with Crippen molar-refractivity contribution in [2.45, 2.75) is 44.0 Å². The minimum atomic E-state index is -3.76. The lowest BCUT2D eigenvalue weighted by Gasteiger charge is -2.25. The molecule has 0 saturated carbocycles. The van der Waals surface area contributed by atoms with Crippen molar-refractivity contribution in [3.63, 3.8) is 0 Å². The highest BCUT2D eigenvalue weighted by Crippen LogP contribution is 2.19. The normalized spacial score (nSPS) is 11.9. The molecule has 1 aromatic rings. The van der Waals surface area contributed by atoms with E-state index in [0.29, 0.717) is 6.42 Å². The molecule has 1 aromatic carbocycles. The first kappa shape index (κ1) is 17.6. The minimum absolute atomic E-state index is 0.109. The van der Waals surface area contributed by atoms with Gasteiger partial charge in [-0.3, -0.25) is 0 Å². The first-order chi connectivity index (χ1) is 9.72. The summed E-state index contributed by atoms with van der Waals surface area (Å²) >= 11 is 0. The van der Waals surface area contributed by atoms with E-state index in [1.807, 2.05) is 6.92 Å². The minimum Gasteiger partial charge on any atom is -0.320 e. The molecule has 21 heavy (non-hydrogen) atoms. The smallest absolute Gasteiger partial charge is 0.241 e. The highest BCUT2D eigenvalue weighted by atomic mass is 32.2. The van der Waals surface area contributed by atoms with E-state index in [1.54, 1.807) is 13.8 Å². The number of halogens is 1. The zero-order valence-corrected chi connectivity index (χ0v) is 13.3. The fourth-order valence-electron chi connectivity index (χ4n) is 2.01. The number of nitrogens with one attached hydrogen (secondary N) is 1. The van der Waals surface area contributed by atoms with Crippen LogP contribution in [0.15, 0.2) is 23.1 Å². The van der Waals surface area contributed by atoms with Crippen molar-refractivity contribution in [1.29, 1.82) is 0 Å². The van der Waals surface area contributed by atoms with E-state index >= 15 is 0 Å². The van der Waals surface area contributed by atoms with Crippen LogP contribution in [0.1, 0.15) is 39.2 Å². The van der Waals surface area contributed by atoms with Crippen LogP contribution in [0.4, 0.5) is 4.39 Å². The Hall–Kier alpha value is -1.42. The summed E-state index contributed by atoms with van der Waals surface area (Å²) in [6.45, 7) is 5.68. The largest absolute Gasteiger partial charge is 0.320 e. The van der Waals surface area contributed by atoms with E-state index in [-0.39, 0.29) is 17.0 Å². The van der Waals surface area contributed by atoms with Gasteiger partial charge in [-0.15, -0.1) is 0 Å². The predicted molar refractivity (Wildman–Crippen MR) is 81.6 cm³/mol. The second-order valence-electron chi connectivity index (χ2n) is 5.39. The van der Waals surface area contributed by atoms with E-state index in [9.17, 15) is 12.8 Å². The Kier molecular flexibility index (Phi) is 5.90. The molecule has 0 saturated heterocycles. The quantitative estimate of drug-likeness (QED) is 0.817.